The highest BCUT2D eigenvalue weighted by Crippen LogP contribution is 2.28. The van der Waals surface area contributed by atoms with Crippen LogP contribution in [0.25, 0.3) is 0 Å². The average Bonchev–Trinajstić information content (AvgIpc) is 2.44. The molecule has 2 atom stereocenters. The topological polar surface area (TPSA) is 21.3 Å². The fourth-order valence-corrected chi connectivity index (χ4v) is 2.03. The van der Waals surface area contributed by atoms with Crippen LogP contribution in [0.1, 0.15) is 6.92 Å². The summed E-state index contributed by atoms with van der Waals surface area (Å²) in [5, 5.41) is 3.39. The monoisotopic (exact) mass is 191 g/mol. The molecule has 76 valence electrons. The zero-order chi connectivity index (χ0) is 9.80. The highest BCUT2D eigenvalue weighted by Gasteiger charge is 2.24. The summed E-state index contributed by atoms with van der Waals surface area (Å²) in [7, 11) is 0. The van der Waals surface area contributed by atoms with Gasteiger partial charge in [0.25, 0.3) is 0 Å². The van der Waals surface area contributed by atoms with E-state index in [1.807, 2.05) is 6.92 Å². The van der Waals surface area contributed by atoms with Gasteiger partial charge in [-0.3, -0.25) is 0 Å². The van der Waals surface area contributed by atoms with Crippen molar-refractivity contribution in [3.8, 4) is 0 Å². The first-order chi connectivity index (χ1) is 6.92. The second-order valence-corrected chi connectivity index (χ2v) is 3.66. The van der Waals surface area contributed by atoms with Crippen molar-refractivity contribution < 1.29 is 4.74 Å². The zero-order valence-electron chi connectivity index (χ0n) is 8.57. The molecule has 0 fully saturated rings. The van der Waals surface area contributed by atoms with E-state index >= 15 is 0 Å². The van der Waals surface area contributed by atoms with Crippen molar-refractivity contribution in [1.29, 1.82) is 0 Å². The Labute approximate surface area is 85.3 Å². The molecule has 0 aromatic rings. The molecule has 0 aromatic heterocycles. The summed E-state index contributed by atoms with van der Waals surface area (Å²) in [5.41, 5.74) is 0. The third-order valence-corrected chi connectivity index (χ3v) is 2.71. The van der Waals surface area contributed by atoms with Gasteiger partial charge in [0.2, 0.25) is 0 Å². The summed E-state index contributed by atoms with van der Waals surface area (Å²) in [5.74, 6) is 2.11. The van der Waals surface area contributed by atoms with Crippen LogP contribution in [-0.2, 0) is 4.74 Å². The summed E-state index contributed by atoms with van der Waals surface area (Å²) in [4.78, 5) is 0. The minimum Gasteiger partial charge on any atom is -0.498 e. The molecule has 1 heterocycles. The largest absolute Gasteiger partial charge is 0.498 e. The Morgan fingerprint density at radius 1 is 1.50 bits per heavy atom. The van der Waals surface area contributed by atoms with Gasteiger partial charge in [-0.25, -0.2) is 0 Å². The fraction of sp³-hybridized carbons (Fsp3) is 0.500. The van der Waals surface area contributed by atoms with Crippen LogP contribution >= 0.6 is 0 Å². The Morgan fingerprint density at radius 3 is 3.29 bits per heavy atom. The molecule has 2 nitrogen and oxygen atoms in total. The van der Waals surface area contributed by atoms with Crippen LogP contribution in [0, 0.1) is 11.8 Å². The van der Waals surface area contributed by atoms with Gasteiger partial charge in [-0.2, -0.15) is 0 Å². The zero-order valence-corrected chi connectivity index (χ0v) is 8.57. The van der Waals surface area contributed by atoms with E-state index in [-0.39, 0.29) is 0 Å². The van der Waals surface area contributed by atoms with Crippen LogP contribution in [0.15, 0.2) is 36.1 Å². The first kappa shape index (κ1) is 9.53. The molecular weight excluding hydrogens is 174 g/mol. The minimum atomic E-state index is 0.440. The molecular formula is C12H17NO. The summed E-state index contributed by atoms with van der Waals surface area (Å²) >= 11 is 0. The lowest BCUT2D eigenvalue weighted by molar-refractivity contribution is 0.188. The molecule has 2 heteroatoms. The second kappa shape index (κ2) is 4.47. The SMILES string of the molecule is CCOC1=CC=CC2CNCC=CC12. The Balaban J connectivity index is 2.16. The van der Waals surface area contributed by atoms with E-state index in [1.54, 1.807) is 0 Å². The van der Waals surface area contributed by atoms with E-state index in [4.69, 9.17) is 4.74 Å². The van der Waals surface area contributed by atoms with Crippen molar-refractivity contribution >= 4 is 0 Å². The van der Waals surface area contributed by atoms with Crippen molar-refractivity contribution in [2.75, 3.05) is 19.7 Å². The molecule has 14 heavy (non-hydrogen) atoms. The van der Waals surface area contributed by atoms with Gasteiger partial charge in [-0.05, 0) is 13.0 Å². The number of hydrogen-bond acceptors (Lipinski definition) is 2. The number of allylic oxidation sites excluding steroid dienone is 3. The second-order valence-electron chi connectivity index (χ2n) is 3.66. The molecule has 1 aliphatic carbocycles. The summed E-state index contributed by atoms with van der Waals surface area (Å²) in [6, 6.07) is 0. The van der Waals surface area contributed by atoms with Gasteiger partial charge < -0.3 is 10.1 Å². The first-order valence-electron chi connectivity index (χ1n) is 5.30. The molecule has 0 saturated heterocycles. The Hall–Kier alpha value is -1.02. The molecule has 1 N–H and O–H groups in total. The maximum atomic E-state index is 5.64. The van der Waals surface area contributed by atoms with Gasteiger partial charge in [0, 0.05) is 24.9 Å². The van der Waals surface area contributed by atoms with Crippen LogP contribution in [0.5, 0.6) is 0 Å². The van der Waals surface area contributed by atoms with E-state index < -0.39 is 0 Å². The molecule has 0 aromatic carbocycles. The molecule has 1 aliphatic heterocycles. The van der Waals surface area contributed by atoms with Crippen molar-refractivity contribution in [1.82, 2.24) is 5.32 Å². The van der Waals surface area contributed by atoms with Crippen molar-refractivity contribution in [3.05, 3.63) is 36.1 Å². The number of nitrogens with one attached hydrogen (secondary N) is 1. The summed E-state index contributed by atoms with van der Waals surface area (Å²) in [6.07, 6.45) is 10.9. The van der Waals surface area contributed by atoms with Crippen LogP contribution in [-0.4, -0.2) is 19.7 Å². The minimum absolute atomic E-state index is 0.440. The predicted molar refractivity (Wildman–Crippen MR) is 57.8 cm³/mol. The lowest BCUT2D eigenvalue weighted by Gasteiger charge is -2.25. The molecule has 2 aliphatic rings. The summed E-state index contributed by atoms with van der Waals surface area (Å²) in [6.45, 7) is 4.80. The molecule has 0 spiro atoms. The van der Waals surface area contributed by atoms with E-state index in [2.05, 4.69) is 35.7 Å². The van der Waals surface area contributed by atoms with Gasteiger partial charge in [-0.15, -0.1) is 0 Å². The Morgan fingerprint density at radius 2 is 2.43 bits per heavy atom. The highest BCUT2D eigenvalue weighted by atomic mass is 16.5. The normalized spacial score (nSPS) is 30.5. The van der Waals surface area contributed by atoms with Gasteiger partial charge in [0.1, 0.15) is 5.76 Å². The quantitative estimate of drug-likeness (QED) is 0.673. The third kappa shape index (κ3) is 1.90. The predicted octanol–water partition coefficient (Wildman–Crippen LogP) is 1.87. The van der Waals surface area contributed by atoms with Gasteiger partial charge in [-0.1, -0.05) is 24.3 Å². The number of rotatable bonds is 2. The van der Waals surface area contributed by atoms with E-state index in [0.29, 0.717) is 11.8 Å². The standard InChI is InChI=1S/C12H17NO/c1-2-14-12-7-3-5-10-9-13-8-4-6-11(10)12/h3-7,10-11,13H,2,8-9H2,1H3. The Kier molecular flexibility index (Phi) is 3.04. The van der Waals surface area contributed by atoms with Crippen LogP contribution in [0.3, 0.4) is 0 Å². The van der Waals surface area contributed by atoms with Crippen molar-refractivity contribution in [2.45, 2.75) is 6.92 Å². The van der Waals surface area contributed by atoms with Crippen LogP contribution < -0.4 is 5.32 Å². The molecule has 0 saturated carbocycles. The Bertz CT molecular complexity index is 278. The van der Waals surface area contributed by atoms with Gasteiger partial charge >= 0.3 is 0 Å². The van der Waals surface area contributed by atoms with E-state index in [9.17, 15) is 0 Å². The van der Waals surface area contributed by atoms with Crippen LogP contribution in [0.2, 0.25) is 0 Å². The average molecular weight is 191 g/mol. The third-order valence-electron chi connectivity index (χ3n) is 2.71. The van der Waals surface area contributed by atoms with Crippen molar-refractivity contribution in [3.63, 3.8) is 0 Å². The summed E-state index contributed by atoms with van der Waals surface area (Å²) < 4.78 is 5.64. The van der Waals surface area contributed by atoms with Gasteiger partial charge in [0.05, 0.1) is 6.61 Å². The van der Waals surface area contributed by atoms with Gasteiger partial charge in [0.15, 0.2) is 0 Å². The fourth-order valence-electron chi connectivity index (χ4n) is 2.03. The number of fused-ring (bicyclic) bond motifs is 1. The molecule has 0 radical (unpaired) electrons. The lowest BCUT2D eigenvalue weighted by Crippen LogP contribution is -2.26. The van der Waals surface area contributed by atoms with Crippen molar-refractivity contribution in [2.24, 2.45) is 11.8 Å². The first-order valence-corrected chi connectivity index (χ1v) is 5.30. The van der Waals surface area contributed by atoms with E-state index in [0.717, 1.165) is 25.5 Å². The molecule has 2 rings (SSSR count). The lowest BCUT2D eigenvalue weighted by atomic mass is 9.87. The highest BCUT2D eigenvalue weighted by molar-refractivity contribution is 5.24. The molecule has 0 amide bonds. The van der Waals surface area contributed by atoms with E-state index in [1.165, 1.54) is 0 Å². The molecule has 0 bridgehead atoms. The smallest absolute Gasteiger partial charge is 0.103 e. The number of ether oxygens (including phenoxy) is 1. The van der Waals surface area contributed by atoms with Crippen LogP contribution in [0.4, 0.5) is 0 Å². The maximum absolute atomic E-state index is 5.64. The maximum Gasteiger partial charge on any atom is 0.103 e. The molecule has 2 unspecified atom stereocenters. The number of hydrogen-bond donors (Lipinski definition) is 1.